The van der Waals surface area contributed by atoms with Gasteiger partial charge in [0.2, 0.25) is 5.91 Å². The first-order valence-corrected chi connectivity index (χ1v) is 6.59. The molecule has 3 nitrogen and oxygen atoms in total. The fourth-order valence-electron chi connectivity index (χ4n) is 2.34. The average Bonchev–Trinajstić information content (AvgIpc) is 2.66. The number of fused-ring (bicyclic) bond motifs is 1. The lowest BCUT2D eigenvalue weighted by Gasteiger charge is -2.21. The maximum Gasteiger partial charge on any atom is 0.220 e. The Labute approximate surface area is 109 Å². The van der Waals surface area contributed by atoms with Gasteiger partial charge in [-0.3, -0.25) is 4.79 Å². The number of anilines is 1. The lowest BCUT2D eigenvalue weighted by molar-refractivity contribution is -0.122. The predicted molar refractivity (Wildman–Crippen MR) is 74.7 cm³/mol. The molecule has 1 heterocycles. The normalized spacial score (nSPS) is 18.1. The van der Waals surface area contributed by atoms with Crippen molar-refractivity contribution in [3.05, 3.63) is 29.8 Å². The van der Waals surface area contributed by atoms with E-state index in [2.05, 4.69) is 28.8 Å². The van der Waals surface area contributed by atoms with Crippen molar-refractivity contribution >= 4 is 11.6 Å². The van der Waals surface area contributed by atoms with E-state index in [0.717, 1.165) is 12.8 Å². The molecular weight excluding hydrogens is 224 g/mol. The molecule has 98 valence electrons. The topological polar surface area (TPSA) is 41.1 Å². The van der Waals surface area contributed by atoms with E-state index in [1.54, 1.807) is 0 Å². The zero-order valence-electron chi connectivity index (χ0n) is 11.4. The van der Waals surface area contributed by atoms with Gasteiger partial charge in [-0.1, -0.05) is 18.2 Å². The molecular formula is C15H22N2O. The lowest BCUT2D eigenvalue weighted by Crippen LogP contribution is -2.40. The van der Waals surface area contributed by atoms with Gasteiger partial charge in [0, 0.05) is 23.7 Å². The summed E-state index contributed by atoms with van der Waals surface area (Å²) in [5.41, 5.74) is 2.45. The molecule has 0 fully saturated rings. The van der Waals surface area contributed by atoms with Crippen molar-refractivity contribution < 1.29 is 4.79 Å². The molecule has 1 atom stereocenters. The number of carbonyl (C=O) groups is 1. The Bertz CT molecular complexity index is 409. The van der Waals surface area contributed by atoms with Crippen LogP contribution in [0.15, 0.2) is 24.3 Å². The molecule has 1 aromatic rings. The van der Waals surface area contributed by atoms with E-state index in [0.29, 0.717) is 12.5 Å². The molecule has 0 bridgehead atoms. The van der Waals surface area contributed by atoms with Crippen molar-refractivity contribution in [3.8, 4) is 0 Å². The fraction of sp³-hybridized carbons (Fsp3) is 0.533. The molecule has 1 aliphatic rings. The van der Waals surface area contributed by atoms with Gasteiger partial charge in [0.05, 0.1) is 0 Å². The molecule has 0 saturated carbocycles. The van der Waals surface area contributed by atoms with Crippen LogP contribution in [0, 0.1) is 0 Å². The average molecular weight is 246 g/mol. The Kier molecular flexibility index (Phi) is 3.60. The fourth-order valence-corrected chi connectivity index (χ4v) is 2.34. The van der Waals surface area contributed by atoms with E-state index < -0.39 is 0 Å². The summed E-state index contributed by atoms with van der Waals surface area (Å²) < 4.78 is 0. The van der Waals surface area contributed by atoms with Gasteiger partial charge < -0.3 is 10.6 Å². The maximum atomic E-state index is 11.7. The minimum Gasteiger partial charge on any atom is -0.382 e. The van der Waals surface area contributed by atoms with Crippen LogP contribution in [0.1, 0.15) is 39.2 Å². The zero-order valence-corrected chi connectivity index (χ0v) is 11.4. The van der Waals surface area contributed by atoms with Crippen molar-refractivity contribution in [3.63, 3.8) is 0 Å². The summed E-state index contributed by atoms with van der Waals surface area (Å²) in [6, 6.07) is 8.76. The standard InChI is InChI=1S/C15H22N2O/c1-15(2,3)17-14(18)9-8-12-10-11-6-4-5-7-13(11)16-12/h4-7,12,16H,8-10H2,1-3H3,(H,17,18). The SMILES string of the molecule is CC(C)(C)NC(=O)CCC1Cc2ccccc2N1. The first kappa shape index (κ1) is 12.9. The van der Waals surface area contributed by atoms with Crippen LogP contribution in [0.2, 0.25) is 0 Å². The van der Waals surface area contributed by atoms with Crippen molar-refractivity contribution in [2.45, 2.75) is 51.6 Å². The highest BCUT2D eigenvalue weighted by molar-refractivity contribution is 5.76. The van der Waals surface area contributed by atoms with Crippen LogP contribution in [-0.2, 0) is 11.2 Å². The van der Waals surface area contributed by atoms with E-state index in [1.165, 1.54) is 11.3 Å². The van der Waals surface area contributed by atoms with Crippen LogP contribution in [0.3, 0.4) is 0 Å². The zero-order chi connectivity index (χ0) is 13.2. The molecule has 3 heteroatoms. The predicted octanol–water partition coefficient (Wildman–Crippen LogP) is 2.72. The van der Waals surface area contributed by atoms with E-state index in [4.69, 9.17) is 0 Å². The van der Waals surface area contributed by atoms with Crippen LogP contribution < -0.4 is 10.6 Å². The largest absolute Gasteiger partial charge is 0.382 e. The van der Waals surface area contributed by atoms with Crippen LogP contribution in [0.4, 0.5) is 5.69 Å². The van der Waals surface area contributed by atoms with Crippen LogP contribution >= 0.6 is 0 Å². The maximum absolute atomic E-state index is 11.7. The Balaban J connectivity index is 1.79. The molecule has 1 amide bonds. The van der Waals surface area contributed by atoms with E-state index in [1.807, 2.05) is 26.8 Å². The van der Waals surface area contributed by atoms with E-state index in [-0.39, 0.29) is 11.4 Å². The third kappa shape index (κ3) is 3.49. The van der Waals surface area contributed by atoms with Gasteiger partial charge in [0.15, 0.2) is 0 Å². The number of hydrogen-bond acceptors (Lipinski definition) is 2. The van der Waals surface area contributed by atoms with Crippen LogP contribution in [-0.4, -0.2) is 17.5 Å². The Hall–Kier alpha value is -1.51. The lowest BCUT2D eigenvalue weighted by atomic mass is 10.0. The second-order valence-electron chi connectivity index (χ2n) is 6.04. The van der Waals surface area contributed by atoms with Gasteiger partial charge in [0.25, 0.3) is 0 Å². The number of benzene rings is 1. The van der Waals surface area contributed by atoms with Gasteiger partial charge in [-0.15, -0.1) is 0 Å². The molecule has 18 heavy (non-hydrogen) atoms. The molecule has 0 spiro atoms. The third-order valence-electron chi connectivity index (χ3n) is 3.08. The van der Waals surface area contributed by atoms with Gasteiger partial charge >= 0.3 is 0 Å². The van der Waals surface area contributed by atoms with E-state index in [9.17, 15) is 4.79 Å². The highest BCUT2D eigenvalue weighted by Crippen LogP contribution is 2.26. The Morgan fingerprint density at radius 1 is 1.39 bits per heavy atom. The number of nitrogens with one attached hydrogen (secondary N) is 2. The second kappa shape index (κ2) is 5.01. The Morgan fingerprint density at radius 3 is 2.78 bits per heavy atom. The number of amides is 1. The van der Waals surface area contributed by atoms with Crippen molar-refractivity contribution in [2.75, 3.05) is 5.32 Å². The first-order valence-electron chi connectivity index (χ1n) is 6.59. The van der Waals surface area contributed by atoms with E-state index >= 15 is 0 Å². The minimum atomic E-state index is -0.136. The van der Waals surface area contributed by atoms with Gasteiger partial charge in [0.1, 0.15) is 0 Å². The quantitative estimate of drug-likeness (QED) is 0.861. The molecule has 1 unspecified atom stereocenters. The van der Waals surface area contributed by atoms with Crippen LogP contribution in [0.25, 0.3) is 0 Å². The van der Waals surface area contributed by atoms with Crippen molar-refractivity contribution in [2.24, 2.45) is 0 Å². The van der Waals surface area contributed by atoms with Crippen molar-refractivity contribution in [1.82, 2.24) is 5.32 Å². The smallest absolute Gasteiger partial charge is 0.220 e. The molecule has 0 aromatic heterocycles. The van der Waals surface area contributed by atoms with Gasteiger partial charge in [-0.25, -0.2) is 0 Å². The second-order valence-corrected chi connectivity index (χ2v) is 6.04. The minimum absolute atomic E-state index is 0.136. The molecule has 1 aromatic carbocycles. The number of hydrogen-bond donors (Lipinski definition) is 2. The summed E-state index contributed by atoms with van der Waals surface area (Å²) in [6.07, 6.45) is 2.50. The summed E-state index contributed by atoms with van der Waals surface area (Å²) >= 11 is 0. The molecule has 0 radical (unpaired) electrons. The highest BCUT2D eigenvalue weighted by atomic mass is 16.1. The van der Waals surface area contributed by atoms with Crippen molar-refractivity contribution in [1.29, 1.82) is 0 Å². The summed E-state index contributed by atoms with van der Waals surface area (Å²) in [5.74, 6) is 0.139. The molecule has 0 saturated heterocycles. The summed E-state index contributed by atoms with van der Waals surface area (Å²) in [5, 5.41) is 6.47. The molecule has 0 aliphatic carbocycles. The summed E-state index contributed by atoms with van der Waals surface area (Å²) in [6.45, 7) is 6.03. The Morgan fingerprint density at radius 2 is 2.11 bits per heavy atom. The third-order valence-corrected chi connectivity index (χ3v) is 3.08. The molecule has 1 aliphatic heterocycles. The number of rotatable bonds is 3. The summed E-state index contributed by atoms with van der Waals surface area (Å²) in [4.78, 5) is 11.7. The summed E-state index contributed by atoms with van der Waals surface area (Å²) in [7, 11) is 0. The molecule has 2 N–H and O–H groups in total. The van der Waals surface area contributed by atoms with Gasteiger partial charge in [-0.05, 0) is 45.2 Å². The first-order chi connectivity index (χ1) is 8.44. The van der Waals surface area contributed by atoms with Gasteiger partial charge in [-0.2, -0.15) is 0 Å². The highest BCUT2D eigenvalue weighted by Gasteiger charge is 2.21. The number of para-hydroxylation sites is 1. The molecule has 2 rings (SSSR count). The number of carbonyl (C=O) groups excluding carboxylic acids is 1. The van der Waals surface area contributed by atoms with Crippen LogP contribution in [0.5, 0.6) is 0 Å². The monoisotopic (exact) mass is 246 g/mol.